The number of nitrogens with zero attached hydrogens (tertiary/aromatic N) is 3. The molecule has 0 spiro atoms. The van der Waals surface area contributed by atoms with E-state index in [1.807, 2.05) is 6.07 Å². The molecule has 0 bridgehead atoms. The molecule has 30 heavy (non-hydrogen) atoms. The van der Waals surface area contributed by atoms with E-state index in [4.69, 9.17) is 4.74 Å². The third kappa shape index (κ3) is 3.87. The van der Waals surface area contributed by atoms with Crippen molar-refractivity contribution in [3.05, 3.63) is 70.0 Å². The van der Waals surface area contributed by atoms with Crippen LogP contribution < -0.4 is 4.90 Å². The van der Waals surface area contributed by atoms with Gasteiger partial charge in [-0.3, -0.25) is 4.98 Å². The molecule has 6 nitrogen and oxygen atoms in total. The van der Waals surface area contributed by atoms with Gasteiger partial charge in [0.15, 0.2) is 0 Å². The number of pyridine rings is 1. The second-order valence-corrected chi connectivity index (χ2v) is 7.47. The van der Waals surface area contributed by atoms with Crippen molar-refractivity contribution in [3.8, 4) is 0 Å². The van der Waals surface area contributed by atoms with Crippen molar-refractivity contribution in [2.24, 2.45) is 5.18 Å². The quantitative estimate of drug-likeness (QED) is 0.433. The van der Waals surface area contributed by atoms with Crippen LogP contribution in [0.3, 0.4) is 0 Å². The van der Waals surface area contributed by atoms with Crippen LogP contribution in [0, 0.1) is 10.7 Å². The molecule has 1 saturated heterocycles. The number of ether oxygens (including phenoxy) is 1. The molecule has 0 saturated carbocycles. The average Bonchev–Trinajstić information content (AvgIpc) is 2.79. The van der Waals surface area contributed by atoms with Gasteiger partial charge in [0, 0.05) is 30.4 Å². The highest BCUT2D eigenvalue weighted by molar-refractivity contribution is 6.08. The van der Waals surface area contributed by atoms with Gasteiger partial charge in [0.2, 0.25) is 0 Å². The van der Waals surface area contributed by atoms with Crippen LogP contribution in [-0.2, 0) is 11.2 Å². The van der Waals surface area contributed by atoms with Crippen molar-refractivity contribution in [3.63, 3.8) is 0 Å². The number of hydrogen-bond donors (Lipinski definition) is 0. The molecule has 1 fully saturated rings. The summed E-state index contributed by atoms with van der Waals surface area (Å²) in [7, 11) is 1.28. The van der Waals surface area contributed by atoms with Crippen LogP contribution in [0.4, 0.5) is 15.8 Å². The van der Waals surface area contributed by atoms with E-state index in [-0.39, 0.29) is 17.1 Å². The van der Waals surface area contributed by atoms with Crippen molar-refractivity contribution < 1.29 is 13.9 Å². The summed E-state index contributed by atoms with van der Waals surface area (Å²) in [5.74, 6) is -0.887. The predicted molar refractivity (Wildman–Crippen MR) is 114 cm³/mol. The normalized spacial score (nSPS) is 14.0. The number of piperidine rings is 1. The minimum Gasteiger partial charge on any atom is -0.465 e. The van der Waals surface area contributed by atoms with Crippen molar-refractivity contribution >= 4 is 28.2 Å². The van der Waals surface area contributed by atoms with E-state index in [0.29, 0.717) is 11.9 Å². The van der Waals surface area contributed by atoms with E-state index in [2.05, 4.69) is 15.1 Å². The van der Waals surface area contributed by atoms with E-state index in [0.717, 1.165) is 48.1 Å². The molecule has 154 valence electrons. The van der Waals surface area contributed by atoms with Gasteiger partial charge in [0.25, 0.3) is 0 Å². The van der Waals surface area contributed by atoms with E-state index in [9.17, 15) is 14.1 Å². The summed E-state index contributed by atoms with van der Waals surface area (Å²) in [4.78, 5) is 30.6. The van der Waals surface area contributed by atoms with Crippen LogP contribution in [0.25, 0.3) is 10.9 Å². The maximum Gasteiger partial charge on any atom is 0.340 e. The molecular weight excluding hydrogens is 385 g/mol. The summed E-state index contributed by atoms with van der Waals surface area (Å²) in [5, 5.41) is 3.88. The summed E-state index contributed by atoms with van der Waals surface area (Å²) >= 11 is 0. The van der Waals surface area contributed by atoms with Gasteiger partial charge in [-0.15, -0.1) is 4.91 Å². The summed E-state index contributed by atoms with van der Waals surface area (Å²) in [6.07, 6.45) is 5.53. The molecule has 2 aromatic carbocycles. The molecular formula is C23H22FN3O3. The van der Waals surface area contributed by atoms with Crippen LogP contribution in [0.15, 0.2) is 47.8 Å². The van der Waals surface area contributed by atoms with Crippen LogP contribution >= 0.6 is 0 Å². The Balaban J connectivity index is 1.86. The first-order chi connectivity index (χ1) is 14.6. The fraction of sp³-hybridized carbons (Fsp3) is 0.304. The number of halogens is 1. The maximum absolute atomic E-state index is 13.2. The molecule has 1 aliphatic heterocycles. The van der Waals surface area contributed by atoms with Gasteiger partial charge in [0.05, 0.1) is 12.7 Å². The van der Waals surface area contributed by atoms with Crippen LogP contribution in [-0.4, -0.2) is 31.2 Å². The summed E-state index contributed by atoms with van der Waals surface area (Å²) in [6.45, 7) is 1.73. The van der Waals surface area contributed by atoms with Gasteiger partial charge < -0.3 is 9.64 Å². The Labute approximate surface area is 173 Å². The summed E-state index contributed by atoms with van der Waals surface area (Å²) in [5.41, 5.74) is 3.24. The number of hydrogen-bond acceptors (Lipinski definition) is 6. The average molecular weight is 407 g/mol. The number of methoxy groups -OCH3 is 1. The van der Waals surface area contributed by atoms with E-state index >= 15 is 0 Å². The predicted octanol–water partition coefficient (Wildman–Crippen LogP) is 5.14. The lowest BCUT2D eigenvalue weighted by molar-refractivity contribution is 0.0602. The Morgan fingerprint density at radius 1 is 1.13 bits per heavy atom. The lowest BCUT2D eigenvalue weighted by Crippen LogP contribution is -2.29. The van der Waals surface area contributed by atoms with Crippen LogP contribution in [0.5, 0.6) is 0 Å². The first-order valence-corrected chi connectivity index (χ1v) is 9.97. The molecule has 0 amide bonds. The van der Waals surface area contributed by atoms with Crippen molar-refractivity contribution in [1.29, 1.82) is 0 Å². The number of anilines is 1. The second kappa shape index (κ2) is 8.57. The summed E-state index contributed by atoms with van der Waals surface area (Å²) in [6, 6.07) is 10.0. The zero-order valence-electron chi connectivity index (χ0n) is 16.7. The Bertz CT molecular complexity index is 1090. The minimum absolute atomic E-state index is 0.00839. The first-order valence-electron chi connectivity index (χ1n) is 9.97. The van der Waals surface area contributed by atoms with Crippen molar-refractivity contribution in [1.82, 2.24) is 4.98 Å². The minimum atomic E-state index is -0.609. The van der Waals surface area contributed by atoms with Gasteiger partial charge >= 0.3 is 5.97 Å². The molecule has 0 atom stereocenters. The fourth-order valence-corrected chi connectivity index (χ4v) is 3.99. The number of carbonyl (C=O) groups excluding carboxylic acids is 1. The molecule has 2 heterocycles. The van der Waals surface area contributed by atoms with E-state index < -0.39 is 5.97 Å². The SMILES string of the molecule is COC(=O)c1cc(N2CCCCC2)c2cc(Cc3ccc(F)cc3)cnc2c1N=O. The topological polar surface area (TPSA) is 71.9 Å². The zero-order chi connectivity index (χ0) is 21.1. The lowest BCUT2D eigenvalue weighted by atomic mass is 9.99. The summed E-state index contributed by atoms with van der Waals surface area (Å²) < 4.78 is 18.1. The fourth-order valence-electron chi connectivity index (χ4n) is 3.99. The van der Waals surface area contributed by atoms with Gasteiger partial charge in [-0.1, -0.05) is 12.1 Å². The zero-order valence-corrected chi connectivity index (χ0v) is 16.7. The molecule has 1 aromatic heterocycles. The van der Waals surface area contributed by atoms with Gasteiger partial charge in [-0.05, 0) is 66.3 Å². The second-order valence-electron chi connectivity index (χ2n) is 7.47. The molecule has 7 heteroatoms. The monoisotopic (exact) mass is 407 g/mol. The largest absolute Gasteiger partial charge is 0.465 e. The van der Waals surface area contributed by atoms with Crippen molar-refractivity contribution in [2.75, 3.05) is 25.1 Å². The molecule has 0 radical (unpaired) electrons. The Morgan fingerprint density at radius 2 is 1.87 bits per heavy atom. The molecule has 0 unspecified atom stereocenters. The lowest BCUT2D eigenvalue weighted by Gasteiger charge is -2.30. The number of rotatable bonds is 5. The van der Waals surface area contributed by atoms with Gasteiger partial charge in [0.1, 0.15) is 17.0 Å². The molecule has 0 aliphatic carbocycles. The molecule has 0 N–H and O–H groups in total. The number of carbonyl (C=O) groups is 1. The number of aromatic nitrogens is 1. The third-order valence-corrected chi connectivity index (χ3v) is 5.50. The molecule has 4 rings (SSSR count). The highest BCUT2D eigenvalue weighted by Crippen LogP contribution is 2.38. The maximum atomic E-state index is 13.2. The number of benzene rings is 2. The standard InChI is InChI=1S/C23H22FN3O3/c1-30-23(28)19-13-20(27-9-3-2-4-10-27)18-12-16(14-25-21(18)22(19)26-29)11-15-5-7-17(24)8-6-15/h5-8,12-14H,2-4,9-11H2,1H3. The van der Waals surface area contributed by atoms with E-state index in [1.54, 1.807) is 24.4 Å². The van der Waals surface area contributed by atoms with Crippen molar-refractivity contribution in [2.45, 2.75) is 25.7 Å². The van der Waals surface area contributed by atoms with Crippen LogP contribution in [0.2, 0.25) is 0 Å². The molecule has 1 aliphatic rings. The van der Waals surface area contributed by atoms with Crippen LogP contribution in [0.1, 0.15) is 40.7 Å². The van der Waals surface area contributed by atoms with Gasteiger partial charge in [-0.2, -0.15) is 0 Å². The number of nitroso groups, excluding NO2 is 1. The van der Waals surface area contributed by atoms with E-state index in [1.165, 1.54) is 25.7 Å². The molecule has 3 aromatic rings. The third-order valence-electron chi connectivity index (χ3n) is 5.50. The highest BCUT2D eigenvalue weighted by Gasteiger charge is 2.23. The smallest absolute Gasteiger partial charge is 0.340 e. The Hall–Kier alpha value is -3.35. The Morgan fingerprint density at radius 3 is 2.53 bits per heavy atom. The highest BCUT2D eigenvalue weighted by atomic mass is 19.1. The Kier molecular flexibility index (Phi) is 5.70. The number of fused-ring (bicyclic) bond motifs is 1. The first kappa shape index (κ1) is 19.9. The van der Waals surface area contributed by atoms with Gasteiger partial charge in [-0.25, -0.2) is 9.18 Å². The number of esters is 1.